The minimum Gasteiger partial charge on any atom is -0.493 e. The van der Waals surface area contributed by atoms with Gasteiger partial charge in [-0.15, -0.1) is 0 Å². The molecule has 2 rings (SSSR count). The first kappa shape index (κ1) is 15.2. The summed E-state index contributed by atoms with van der Waals surface area (Å²) >= 11 is 0. The average molecular weight is 277 g/mol. The second kappa shape index (κ2) is 6.98. The summed E-state index contributed by atoms with van der Waals surface area (Å²) in [5.74, 6) is 2.42. The van der Waals surface area contributed by atoms with E-state index < -0.39 is 0 Å². The largest absolute Gasteiger partial charge is 0.493 e. The summed E-state index contributed by atoms with van der Waals surface area (Å²) < 4.78 is 10.9. The van der Waals surface area contributed by atoms with Gasteiger partial charge in [0.15, 0.2) is 11.5 Å². The zero-order valence-electron chi connectivity index (χ0n) is 13.2. The van der Waals surface area contributed by atoms with Crippen LogP contribution in [0.5, 0.6) is 11.5 Å². The maximum Gasteiger partial charge on any atom is 0.161 e. The number of hydrogen-bond donors (Lipinski definition) is 1. The maximum atomic E-state index is 5.45. The predicted molar refractivity (Wildman–Crippen MR) is 82.7 cm³/mol. The molecular weight excluding hydrogens is 250 g/mol. The van der Waals surface area contributed by atoms with Gasteiger partial charge in [0.2, 0.25) is 0 Å². The predicted octanol–water partition coefficient (Wildman–Crippen LogP) is 3.72. The van der Waals surface area contributed by atoms with E-state index in [2.05, 4.69) is 31.3 Å². The highest BCUT2D eigenvalue weighted by Gasteiger charge is 2.23. The fraction of sp³-hybridized carbons (Fsp3) is 0.647. The molecule has 1 N–H and O–H groups in total. The monoisotopic (exact) mass is 277 g/mol. The van der Waals surface area contributed by atoms with Crippen molar-refractivity contribution in [2.24, 2.45) is 5.92 Å². The SMILES string of the molecule is CCCC(C)CC1NCCc2cc(OC)c(OC)cc21. The van der Waals surface area contributed by atoms with Gasteiger partial charge in [0.25, 0.3) is 0 Å². The minimum atomic E-state index is 0.445. The molecule has 1 aliphatic rings. The number of methoxy groups -OCH3 is 2. The molecule has 112 valence electrons. The van der Waals surface area contributed by atoms with Crippen LogP contribution in [0.4, 0.5) is 0 Å². The first-order valence-electron chi connectivity index (χ1n) is 7.67. The Morgan fingerprint density at radius 3 is 2.60 bits per heavy atom. The van der Waals surface area contributed by atoms with Gasteiger partial charge in [-0.1, -0.05) is 26.7 Å². The van der Waals surface area contributed by atoms with E-state index in [0.29, 0.717) is 6.04 Å². The summed E-state index contributed by atoms with van der Waals surface area (Å²) in [6.45, 7) is 5.65. The Morgan fingerprint density at radius 1 is 1.25 bits per heavy atom. The van der Waals surface area contributed by atoms with E-state index in [1.165, 1.54) is 30.4 Å². The molecule has 0 aliphatic carbocycles. The van der Waals surface area contributed by atoms with Crippen molar-refractivity contribution in [3.63, 3.8) is 0 Å². The number of hydrogen-bond acceptors (Lipinski definition) is 3. The van der Waals surface area contributed by atoms with Crippen molar-refractivity contribution in [2.45, 2.75) is 45.6 Å². The molecule has 2 atom stereocenters. The number of benzene rings is 1. The molecule has 0 radical (unpaired) electrons. The molecular formula is C17H27NO2. The lowest BCUT2D eigenvalue weighted by molar-refractivity contribution is 0.347. The number of ether oxygens (including phenoxy) is 2. The van der Waals surface area contributed by atoms with Crippen LogP contribution in [-0.4, -0.2) is 20.8 Å². The van der Waals surface area contributed by atoms with E-state index in [1.54, 1.807) is 14.2 Å². The smallest absolute Gasteiger partial charge is 0.161 e. The molecule has 0 saturated heterocycles. The summed E-state index contributed by atoms with van der Waals surface area (Å²) in [4.78, 5) is 0. The van der Waals surface area contributed by atoms with E-state index in [1.807, 2.05) is 0 Å². The van der Waals surface area contributed by atoms with Crippen LogP contribution < -0.4 is 14.8 Å². The Kier molecular flexibility index (Phi) is 5.30. The molecule has 20 heavy (non-hydrogen) atoms. The molecule has 0 bridgehead atoms. The Balaban J connectivity index is 2.25. The third-order valence-electron chi connectivity index (χ3n) is 4.23. The van der Waals surface area contributed by atoms with Crippen LogP contribution in [0.15, 0.2) is 12.1 Å². The average Bonchev–Trinajstić information content (AvgIpc) is 2.46. The quantitative estimate of drug-likeness (QED) is 0.859. The Morgan fingerprint density at radius 2 is 1.95 bits per heavy atom. The third-order valence-corrected chi connectivity index (χ3v) is 4.23. The Labute approximate surface area is 122 Å². The first-order valence-corrected chi connectivity index (χ1v) is 7.67. The second-order valence-electron chi connectivity index (χ2n) is 5.79. The molecule has 3 heteroatoms. The highest BCUT2D eigenvalue weighted by molar-refractivity contribution is 5.49. The zero-order valence-corrected chi connectivity index (χ0v) is 13.2. The van der Waals surface area contributed by atoms with Gasteiger partial charge in [0.1, 0.15) is 0 Å². The number of fused-ring (bicyclic) bond motifs is 1. The van der Waals surface area contributed by atoms with Crippen molar-refractivity contribution in [3.8, 4) is 11.5 Å². The zero-order chi connectivity index (χ0) is 14.5. The van der Waals surface area contributed by atoms with Crippen LogP contribution >= 0.6 is 0 Å². The standard InChI is InChI=1S/C17H27NO2/c1-5-6-12(2)9-15-14-11-17(20-4)16(19-3)10-13(14)7-8-18-15/h10-12,15,18H,5-9H2,1-4H3. The highest BCUT2D eigenvalue weighted by Crippen LogP contribution is 2.37. The second-order valence-corrected chi connectivity index (χ2v) is 5.79. The normalized spacial score (nSPS) is 19.3. The van der Waals surface area contributed by atoms with Crippen LogP contribution in [0.25, 0.3) is 0 Å². The lowest BCUT2D eigenvalue weighted by Crippen LogP contribution is -2.31. The van der Waals surface area contributed by atoms with Gasteiger partial charge < -0.3 is 14.8 Å². The lowest BCUT2D eigenvalue weighted by atomic mass is 9.87. The Bertz CT molecular complexity index is 445. The van der Waals surface area contributed by atoms with Crippen LogP contribution in [0, 0.1) is 5.92 Å². The number of rotatable bonds is 6. The summed E-state index contributed by atoms with van der Waals surface area (Å²) in [5, 5.41) is 3.66. The minimum absolute atomic E-state index is 0.445. The molecule has 0 spiro atoms. The van der Waals surface area contributed by atoms with Gasteiger partial charge in [0.05, 0.1) is 14.2 Å². The molecule has 0 aromatic heterocycles. The summed E-state index contributed by atoms with van der Waals surface area (Å²) in [7, 11) is 3.40. The van der Waals surface area contributed by atoms with E-state index >= 15 is 0 Å². The molecule has 0 saturated carbocycles. The van der Waals surface area contributed by atoms with Gasteiger partial charge in [-0.3, -0.25) is 0 Å². The fourth-order valence-electron chi connectivity index (χ4n) is 3.19. The van der Waals surface area contributed by atoms with Gasteiger partial charge >= 0.3 is 0 Å². The number of nitrogens with one attached hydrogen (secondary N) is 1. The van der Waals surface area contributed by atoms with Crippen molar-refractivity contribution in [2.75, 3.05) is 20.8 Å². The van der Waals surface area contributed by atoms with Gasteiger partial charge in [-0.25, -0.2) is 0 Å². The molecule has 1 heterocycles. The van der Waals surface area contributed by atoms with Gasteiger partial charge in [-0.2, -0.15) is 0 Å². The van der Waals surface area contributed by atoms with Gasteiger partial charge in [0, 0.05) is 6.04 Å². The van der Waals surface area contributed by atoms with E-state index in [0.717, 1.165) is 30.4 Å². The van der Waals surface area contributed by atoms with Crippen molar-refractivity contribution < 1.29 is 9.47 Å². The fourth-order valence-corrected chi connectivity index (χ4v) is 3.19. The molecule has 1 aromatic rings. The van der Waals surface area contributed by atoms with Crippen molar-refractivity contribution in [1.82, 2.24) is 5.32 Å². The third kappa shape index (κ3) is 3.26. The van der Waals surface area contributed by atoms with Crippen LogP contribution in [0.2, 0.25) is 0 Å². The van der Waals surface area contributed by atoms with Crippen molar-refractivity contribution in [3.05, 3.63) is 23.3 Å². The maximum absolute atomic E-state index is 5.45. The van der Waals surface area contributed by atoms with Crippen LogP contribution in [-0.2, 0) is 6.42 Å². The summed E-state index contributed by atoms with van der Waals surface area (Å²) in [5.41, 5.74) is 2.78. The topological polar surface area (TPSA) is 30.5 Å². The van der Waals surface area contributed by atoms with Crippen LogP contribution in [0.3, 0.4) is 0 Å². The van der Waals surface area contributed by atoms with Gasteiger partial charge in [-0.05, 0) is 48.6 Å². The summed E-state index contributed by atoms with van der Waals surface area (Å²) in [6, 6.07) is 4.75. The highest BCUT2D eigenvalue weighted by atomic mass is 16.5. The van der Waals surface area contributed by atoms with E-state index in [9.17, 15) is 0 Å². The molecule has 3 nitrogen and oxygen atoms in total. The first-order chi connectivity index (χ1) is 9.69. The molecule has 2 unspecified atom stereocenters. The Hall–Kier alpha value is -1.22. The molecule has 1 aromatic carbocycles. The lowest BCUT2D eigenvalue weighted by Gasteiger charge is -2.30. The van der Waals surface area contributed by atoms with E-state index in [-0.39, 0.29) is 0 Å². The van der Waals surface area contributed by atoms with E-state index in [4.69, 9.17) is 9.47 Å². The molecule has 0 amide bonds. The van der Waals surface area contributed by atoms with Crippen molar-refractivity contribution in [1.29, 1.82) is 0 Å². The molecule has 1 aliphatic heterocycles. The van der Waals surface area contributed by atoms with Crippen LogP contribution in [0.1, 0.15) is 50.3 Å². The summed E-state index contributed by atoms with van der Waals surface area (Å²) in [6.07, 6.45) is 4.80. The molecule has 0 fully saturated rings. The van der Waals surface area contributed by atoms with Crippen molar-refractivity contribution >= 4 is 0 Å².